The number of aryl methyl sites for hydroxylation is 1. The van der Waals surface area contributed by atoms with E-state index in [-0.39, 0.29) is 6.04 Å². The van der Waals surface area contributed by atoms with Gasteiger partial charge in [-0.15, -0.1) is 0 Å². The normalized spacial score (nSPS) is 22.1. The van der Waals surface area contributed by atoms with Crippen molar-refractivity contribution in [2.75, 3.05) is 11.9 Å². The zero-order valence-corrected chi connectivity index (χ0v) is 11.1. The number of ether oxygens (including phenoxy) is 1. The molecule has 4 nitrogen and oxygen atoms in total. The molecule has 2 rings (SSSR count). The Kier molecular flexibility index (Phi) is 3.76. The van der Waals surface area contributed by atoms with Crippen LogP contribution in [0.5, 0.6) is 0 Å². The monoisotopic (exact) mass is 285 g/mol. The highest BCUT2D eigenvalue weighted by molar-refractivity contribution is 9.10. The minimum absolute atomic E-state index is 0.281. The van der Waals surface area contributed by atoms with E-state index in [1.54, 1.807) is 0 Å². The number of halogens is 1. The molecule has 0 bridgehead atoms. The van der Waals surface area contributed by atoms with Crippen molar-refractivity contribution in [3.05, 3.63) is 16.5 Å². The number of hydrogen-bond acceptors (Lipinski definition) is 4. The van der Waals surface area contributed by atoms with Gasteiger partial charge in [0, 0.05) is 12.7 Å². The Labute approximate surface area is 104 Å². The van der Waals surface area contributed by atoms with Crippen LogP contribution in [0.1, 0.15) is 25.6 Å². The average Bonchev–Trinajstić information content (AvgIpc) is 2.68. The molecule has 88 valence electrons. The Hall–Kier alpha value is -0.680. The van der Waals surface area contributed by atoms with Gasteiger partial charge >= 0.3 is 0 Å². The quantitative estimate of drug-likeness (QED) is 0.867. The van der Waals surface area contributed by atoms with Crippen molar-refractivity contribution in [3.8, 4) is 0 Å². The molecule has 0 aliphatic carbocycles. The van der Waals surface area contributed by atoms with Gasteiger partial charge in [-0.25, -0.2) is 9.97 Å². The zero-order chi connectivity index (χ0) is 11.5. The molecule has 0 amide bonds. The summed E-state index contributed by atoms with van der Waals surface area (Å²) < 4.78 is 6.44. The van der Waals surface area contributed by atoms with Gasteiger partial charge in [0.15, 0.2) is 0 Å². The van der Waals surface area contributed by atoms with Gasteiger partial charge in [-0.1, -0.05) is 0 Å². The SMILES string of the molecule is Cc1nc(Br)cc(NC(C)C2CCCO2)n1. The van der Waals surface area contributed by atoms with Crippen LogP contribution in [-0.2, 0) is 4.74 Å². The second-order valence-corrected chi connectivity index (χ2v) is 4.92. The fourth-order valence-corrected chi connectivity index (χ4v) is 2.40. The van der Waals surface area contributed by atoms with Gasteiger partial charge in [0.25, 0.3) is 0 Å². The van der Waals surface area contributed by atoms with Crippen molar-refractivity contribution in [1.29, 1.82) is 0 Å². The maximum Gasteiger partial charge on any atom is 0.131 e. The van der Waals surface area contributed by atoms with E-state index in [2.05, 4.69) is 38.1 Å². The predicted molar refractivity (Wildman–Crippen MR) is 66.5 cm³/mol. The van der Waals surface area contributed by atoms with Gasteiger partial charge in [-0.3, -0.25) is 0 Å². The molecule has 0 radical (unpaired) electrons. The van der Waals surface area contributed by atoms with E-state index in [1.165, 1.54) is 0 Å². The van der Waals surface area contributed by atoms with E-state index >= 15 is 0 Å². The van der Waals surface area contributed by atoms with E-state index in [1.807, 2.05) is 13.0 Å². The minimum Gasteiger partial charge on any atom is -0.376 e. The van der Waals surface area contributed by atoms with E-state index in [4.69, 9.17) is 4.74 Å². The number of anilines is 1. The molecule has 0 saturated carbocycles. The van der Waals surface area contributed by atoms with E-state index < -0.39 is 0 Å². The Morgan fingerprint density at radius 2 is 2.38 bits per heavy atom. The van der Waals surface area contributed by atoms with Crippen LogP contribution >= 0.6 is 15.9 Å². The summed E-state index contributed by atoms with van der Waals surface area (Å²) in [6.07, 6.45) is 2.58. The highest BCUT2D eigenvalue weighted by atomic mass is 79.9. The summed E-state index contributed by atoms with van der Waals surface area (Å²) in [4.78, 5) is 8.51. The summed E-state index contributed by atoms with van der Waals surface area (Å²) in [6, 6.07) is 2.17. The molecule has 16 heavy (non-hydrogen) atoms. The van der Waals surface area contributed by atoms with Crippen molar-refractivity contribution in [3.63, 3.8) is 0 Å². The number of aromatic nitrogens is 2. The summed E-state index contributed by atoms with van der Waals surface area (Å²) in [5.41, 5.74) is 0. The van der Waals surface area contributed by atoms with Crippen molar-refractivity contribution in [2.45, 2.75) is 38.8 Å². The van der Waals surface area contributed by atoms with Crippen LogP contribution in [0.25, 0.3) is 0 Å². The fraction of sp³-hybridized carbons (Fsp3) is 0.636. The van der Waals surface area contributed by atoms with Crippen LogP contribution in [0.2, 0.25) is 0 Å². The molecular formula is C11H16BrN3O. The molecule has 0 spiro atoms. The first kappa shape index (κ1) is 11.8. The minimum atomic E-state index is 0.281. The molecule has 1 N–H and O–H groups in total. The third-order valence-corrected chi connectivity index (χ3v) is 3.11. The maximum atomic E-state index is 5.63. The first-order chi connectivity index (χ1) is 7.65. The highest BCUT2D eigenvalue weighted by Gasteiger charge is 2.22. The summed E-state index contributed by atoms with van der Waals surface area (Å²) in [7, 11) is 0. The largest absolute Gasteiger partial charge is 0.376 e. The van der Waals surface area contributed by atoms with Crippen LogP contribution < -0.4 is 5.32 Å². The van der Waals surface area contributed by atoms with Crippen molar-refractivity contribution in [1.82, 2.24) is 9.97 Å². The lowest BCUT2D eigenvalue weighted by molar-refractivity contribution is 0.0995. The smallest absolute Gasteiger partial charge is 0.131 e. The van der Waals surface area contributed by atoms with Crippen LogP contribution in [-0.4, -0.2) is 28.7 Å². The van der Waals surface area contributed by atoms with Crippen LogP contribution in [0.4, 0.5) is 5.82 Å². The predicted octanol–water partition coefficient (Wildman–Crippen LogP) is 2.53. The topological polar surface area (TPSA) is 47.0 Å². The number of rotatable bonds is 3. The van der Waals surface area contributed by atoms with Gasteiger partial charge in [0.1, 0.15) is 16.2 Å². The van der Waals surface area contributed by atoms with Gasteiger partial charge < -0.3 is 10.1 Å². The summed E-state index contributed by atoms with van der Waals surface area (Å²) in [5, 5.41) is 3.36. The van der Waals surface area contributed by atoms with E-state index in [0.29, 0.717) is 6.10 Å². The van der Waals surface area contributed by atoms with E-state index in [0.717, 1.165) is 35.7 Å². The van der Waals surface area contributed by atoms with Gasteiger partial charge in [-0.05, 0) is 42.6 Å². The average molecular weight is 286 g/mol. The molecule has 1 aliphatic rings. The molecule has 2 atom stereocenters. The first-order valence-corrected chi connectivity index (χ1v) is 6.34. The summed E-state index contributed by atoms with van der Waals surface area (Å²) >= 11 is 3.36. The molecule has 2 unspecified atom stereocenters. The Bertz CT molecular complexity index is 346. The van der Waals surface area contributed by atoms with Crippen LogP contribution in [0.3, 0.4) is 0 Å². The highest BCUT2D eigenvalue weighted by Crippen LogP contribution is 2.19. The Balaban J connectivity index is 2.02. The number of nitrogens with zero attached hydrogens (tertiary/aromatic N) is 2. The van der Waals surface area contributed by atoms with Crippen molar-refractivity contribution < 1.29 is 4.74 Å². The zero-order valence-electron chi connectivity index (χ0n) is 9.53. The molecule has 5 heteroatoms. The summed E-state index contributed by atoms with van der Waals surface area (Å²) in [5.74, 6) is 1.61. The van der Waals surface area contributed by atoms with Crippen LogP contribution in [0, 0.1) is 6.92 Å². The van der Waals surface area contributed by atoms with Crippen LogP contribution in [0.15, 0.2) is 10.7 Å². The molecule has 1 aromatic heterocycles. The second kappa shape index (κ2) is 5.10. The molecular weight excluding hydrogens is 270 g/mol. The van der Waals surface area contributed by atoms with Crippen molar-refractivity contribution in [2.24, 2.45) is 0 Å². The van der Waals surface area contributed by atoms with Gasteiger partial charge in [0.2, 0.25) is 0 Å². The Morgan fingerprint density at radius 3 is 3.00 bits per heavy atom. The second-order valence-electron chi connectivity index (χ2n) is 4.11. The number of hydrogen-bond donors (Lipinski definition) is 1. The molecule has 1 aromatic rings. The number of nitrogens with one attached hydrogen (secondary N) is 1. The fourth-order valence-electron chi connectivity index (χ4n) is 1.93. The lowest BCUT2D eigenvalue weighted by atomic mass is 10.1. The maximum absolute atomic E-state index is 5.63. The molecule has 2 heterocycles. The Morgan fingerprint density at radius 1 is 1.56 bits per heavy atom. The molecule has 0 aromatic carbocycles. The lowest BCUT2D eigenvalue weighted by Crippen LogP contribution is -2.30. The van der Waals surface area contributed by atoms with Gasteiger partial charge in [0.05, 0.1) is 12.1 Å². The van der Waals surface area contributed by atoms with E-state index in [9.17, 15) is 0 Å². The molecule has 1 aliphatic heterocycles. The van der Waals surface area contributed by atoms with Gasteiger partial charge in [-0.2, -0.15) is 0 Å². The van der Waals surface area contributed by atoms with Crippen molar-refractivity contribution >= 4 is 21.7 Å². The lowest BCUT2D eigenvalue weighted by Gasteiger charge is -2.20. The third kappa shape index (κ3) is 2.92. The molecule has 1 saturated heterocycles. The molecule has 1 fully saturated rings. The standard InChI is InChI=1S/C11H16BrN3O/c1-7(9-4-3-5-16-9)13-11-6-10(12)14-8(2)15-11/h6-7,9H,3-5H2,1-2H3,(H,13,14,15). The first-order valence-electron chi connectivity index (χ1n) is 5.54. The third-order valence-electron chi connectivity index (χ3n) is 2.70. The summed E-state index contributed by atoms with van der Waals surface area (Å²) in [6.45, 7) is 4.89.